The summed E-state index contributed by atoms with van der Waals surface area (Å²) in [6.45, 7) is 0. The molecule has 0 aromatic carbocycles. The number of halogens is 5. The Hall–Kier alpha value is -0.260. The van der Waals surface area contributed by atoms with Crippen LogP contribution in [0.25, 0.3) is 0 Å². The van der Waals surface area contributed by atoms with Gasteiger partial charge in [-0.15, -0.1) is 0 Å². The third kappa shape index (κ3) is 2.21. The molecule has 0 spiro atoms. The van der Waals surface area contributed by atoms with Crippen LogP contribution in [0.4, 0.5) is 8.78 Å². The molecule has 0 bridgehead atoms. The molecule has 0 aliphatic heterocycles. The molecule has 1 aromatic heterocycles. The van der Waals surface area contributed by atoms with E-state index in [0.717, 1.165) is 6.20 Å². The number of hydrogen-bond donors (Lipinski definition) is 0. The van der Waals surface area contributed by atoms with Crippen molar-refractivity contribution in [3.63, 3.8) is 0 Å². The zero-order chi connectivity index (χ0) is 10.9. The van der Waals surface area contributed by atoms with E-state index in [9.17, 15) is 13.6 Å². The van der Waals surface area contributed by atoms with Crippen LogP contribution < -0.4 is 0 Å². The van der Waals surface area contributed by atoms with Crippen molar-refractivity contribution < 1.29 is 13.6 Å². The molecule has 7 heteroatoms. The lowest BCUT2D eigenvalue weighted by atomic mass is 10.2. The Morgan fingerprint density at radius 1 is 1.57 bits per heavy atom. The lowest BCUT2D eigenvalue weighted by Crippen LogP contribution is -1.99. The van der Waals surface area contributed by atoms with Gasteiger partial charge in [0, 0.05) is 6.20 Å². The van der Waals surface area contributed by atoms with Crippen molar-refractivity contribution in [3.05, 3.63) is 26.9 Å². The van der Waals surface area contributed by atoms with Gasteiger partial charge < -0.3 is 0 Å². The number of hydrogen-bond acceptors (Lipinski definition) is 2. The summed E-state index contributed by atoms with van der Waals surface area (Å²) in [6.07, 6.45) is -1.92. The van der Waals surface area contributed by atoms with E-state index in [4.69, 9.17) is 23.2 Å². The van der Waals surface area contributed by atoms with Gasteiger partial charge in [-0.3, -0.25) is 4.79 Å². The number of nitrogens with zero attached hydrogens (tertiary/aromatic N) is 1. The average molecular weight is 305 g/mol. The van der Waals surface area contributed by atoms with Gasteiger partial charge in [-0.05, 0) is 27.5 Å². The second kappa shape index (κ2) is 4.51. The summed E-state index contributed by atoms with van der Waals surface area (Å²) < 4.78 is 24.5. The molecule has 0 aliphatic carbocycles. The normalized spacial score (nSPS) is 10.7. The van der Waals surface area contributed by atoms with Crippen LogP contribution in [0.2, 0.25) is 5.02 Å². The first-order valence-corrected chi connectivity index (χ1v) is 4.82. The summed E-state index contributed by atoms with van der Waals surface area (Å²) >= 11 is 13.6. The van der Waals surface area contributed by atoms with E-state index in [1.165, 1.54) is 0 Å². The van der Waals surface area contributed by atoms with Gasteiger partial charge in [0.25, 0.3) is 11.7 Å². The summed E-state index contributed by atoms with van der Waals surface area (Å²) in [6, 6.07) is 0. The zero-order valence-electron chi connectivity index (χ0n) is 6.40. The van der Waals surface area contributed by atoms with Gasteiger partial charge in [-0.1, -0.05) is 11.6 Å². The molecule has 0 unspecified atom stereocenters. The van der Waals surface area contributed by atoms with Gasteiger partial charge in [-0.25, -0.2) is 13.8 Å². The average Bonchev–Trinajstić information content (AvgIpc) is 2.08. The first-order chi connectivity index (χ1) is 6.45. The van der Waals surface area contributed by atoms with Gasteiger partial charge in [0.15, 0.2) is 0 Å². The number of rotatable bonds is 2. The molecule has 76 valence electrons. The van der Waals surface area contributed by atoms with Gasteiger partial charge in [0.2, 0.25) is 0 Å². The zero-order valence-corrected chi connectivity index (χ0v) is 9.50. The molecular weight excluding hydrogens is 303 g/mol. The molecule has 0 atom stereocenters. The fourth-order valence-electron chi connectivity index (χ4n) is 0.767. The molecule has 1 rings (SSSR count). The van der Waals surface area contributed by atoms with E-state index < -0.39 is 17.2 Å². The first kappa shape index (κ1) is 11.8. The molecule has 1 heterocycles. The third-order valence-electron chi connectivity index (χ3n) is 1.41. The Bertz CT molecular complexity index is 386. The maximum atomic E-state index is 12.3. The predicted octanol–water partition coefficient (Wildman–Crippen LogP) is 3.81. The molecular formula is C7H2BrCl2F2NO. The second-order valence-corrected chi connectivity index (χ2v) is 3.78. The minimum absolute atomic E-state index is 0.0167. The minimum atomic E-state index is -2.74. The molecule has 1 aromatic rings. The molecule has 0 saturated carbocycles. The Balaban J connectivity index is 3.33. The molecule has 14 heavy (non-hydrogen) atoms. The second-order valence-electron chi connectivity index (χ2n) is 2.26. The fourth-order valence-corrected chi connectivity index (χ4v) is 1.76. The lowest BCUT2D eigenvalue weighted by molar-refractivity contribution is 0.107. The van der Waals surface area contributed by atoms with Crippen molar-refractivity contribution in [2.24, 2.45) is 0 Å². The number of pyridine rings is 1. The molecule has 0 saturated heterocycles. The van der Waals surface area contributed by atoms with E-state index in [1.807, 2.05) is 0 Å². The highest BCUT2D eigenvalue weighted by Crippen LogP contribution is 2.34. The van der Waals surface area contributed by atoms with Gasteiger partial charge in [-0.2, -0.15) is 0 Å². The Morgan fingerprint density at radius 3 is 2.57 bits per heavy atom. The molecule has 0 amide bonds. The van der Waals surface area contributed by atoms with Crippen LogP contribution in [-0.4, -0.2) is 10.2 Å². The van der Waals surface area contributed by atoms with Crippen LogP contribution in [0.1, 0.15) is 22.5 Å². The fraction of sp³-hybridized carbons (Fsp3) is 0.143. The number of carbonyl (C=O) groups excluding carboxylic acids is 1. The highest BCUT2D eigenvalue weighted by molar-refractivity contribution is 9.10. The highest BCUT2D eigenvalue weighted by Gasteiger charge is 2.20. The summed E-state index contributed by atoms with van der Waals surface area (Å²) in [5.41, 5.74) is -0.624. The summed E-state index contributed by atoms with van der Waals surface area (Å²) in [7, 11) is 0. The van der Waals surface area contributed by atoms with Crippen molar-refractivity contribution in [1.82, 2.24) is 4.98 Å². The summed E-state index contributed by atoms with van der Waals surface area (Å²) in [4.78, 5) is 14.2. The van der Waals surface area contributed by atoms with Gasteiger partial charge in [0.1, 0.15) is 5.69 Å². The molecule has 2 nitrogen and oxygen atoms in total. The predicted molar refractivity (Wildman–Crippen MR) is 52.1 cm³/mol. The molecule has 0 radical (unpaired) electrons. The maximum Gasteiger partial charge on any atom is 0.272 e. The van der Waals surface area contributed by atoms with Gasteiger partial charge >= 0.3 is 0 Å². The summed E-state index contributed by atoms with van der Waals surface area (Å²) in [5, 5.41) is -1.11. The van der Waals surface area contributed by atoms with Crippen LogP contribution in [-0.2, 0) is 0 Å². The van der Waals surface area contributed by atoms with Crippen LogP contribution in [0.3, 0.4) is 0 Å². The molecule has 0 N–H and O–H groups in total. The van der Waals surface area contributed by atoms with Crippen molar-refractivity contribution in [2.45, 2.75) is 6.43 Å². The number of aromatic nitrogens is 1. The van der Waals surface area contributed by atoms with Crippen LogP contribution in [0.15, 0.2) is 10.7 Å². The van der Waals surface area contributed by atoms with E-state index in [2.05, 4.69) is 20.9 Å². The van der Waals surface area contributed by atoms with Crippen LogP contribution >= 0.6 is 39.1 Å². The van der Waals surface area contributed by atoms with Crippen molar-refractivity contribution >= 4 is 44.4 Å². The monoisotopic (exact) mass is 303 g/mol. The first-order valence-electron chi connectivity index (χ1n) is 3.27. The quantitative estimate of drug-likeness (QED) is 0.778. The smallest absolute Gasteiger partial charge is 0.272 e. The highest BCUT2D eigenvalue weighted by atomic mass is 79.9. The maximum absolute atomic E-state index is 12.3. The van der Waals surface area contributed by atoms with Crippen molar-refractivity contribution in [2.75, 3.05) is 0 Å². The lowest BCUT2D eigenvalue weighted by Gasteiger charge is -2.06. The minimum Gasteiger partial charge on any atom is -0.274 e. The summed E-state index contributed by atoms with van der Waals surface area (Å²) in [5.74, 6) is 0. The third-order valence-corrected chi connectivity index (χ3v) is 2.99. The van der Waals surface area contributed by atoms with Crippen LogP contribution in [0.5, 0.6) is 0 Å². The molecule has 0 fully saturated rings. The largest absolute Gasteiger partial charge is 0.274 e. The standard InChI is InChI=1S/C7H2BrCl2F2NO/c8-3-4(9)2(7(11)12)1-13-5(3)6(10)14/h1,7H. The van der Waals surface area contributed by atoms with Crippen molar-refractivity contribution in [3.8, 4) is 0 Å². The topological polar surface area (TPSA) is 30.0 Å². The van der Waals surface area contributed by atoms with E-state index in [-0.39, 0.29) is 15.2 Å². The Morgan fingerprint density at radius 2 is 2.14 bits per heavy atom. The van der Waals surface area contributed by atoms with Crippen LogP contribution in [0, 0.1) is 0 Å². The number of alkyl halides is 2. The SMILES string of the molecule is O=C(Cl)c1ncc(C(F)F)c(Cl)c1Br. The van der Waals surface area contributed by atoms with E-state index in [1.54, 1.807) is 0 Å². The van der Waals surface area contributed by atoms with Gasteiger partial charge in [0.05, 0.1) is 15.1 Å². The Kier molecular flexibility index (Phi) is 3.80. The Labute approximate surface area is 96.3 Å². The molecule has 0 aliphatic rings. The van der Waals surface area contributed by atoms with E-state index in [0.29, 0.717) is 0 Å². The number of carbonyl (C=O) groups is 1. The van der Waals surface area contributed by atoms with Crippen molar-refractivity contribution in [1.29, 1.82) is 0 Å². The van der Waals surface area contributed by atoms with E-state index >= 15 is 0 Å².